The van der Waals surface area contributed by atoms with E-state index in [4.69, 9.17) is 5.73 Å². The lowest BCUT2D eigenvalue weighted by Crippen LogP contribution is -2.32. The van der Waals surface area contributed by atoms with Gasteiger partial charge in [-0.1, -0.05) is 12.1 Å². The fourth-order valence-corrected chi connectivity index (χ4v) is 2.02. The molecule has 1 saturated heterocycles. The van der Waals surface area contributed by atoms with Crippen molar-refractivity contribution in [2.75, 3.05) is 12.3 Å². The van der Waals surface area contributed by atoms with E-state index in [9.17, 15) is 4.79 Å². The van der Waals surface area contributed by atoms with Crippen molar-refractivity contribution in [3.63, 3.8) is 0 Å². The molecule has 1 aromatic carbocycles. The zero-order valence-corrected chi connectivity index (χ0v) is 8.92. The van der Waals surface area contributed by atoms with Crippen LogP contribution in [0.1, 0.15) is 29.9 Å². The third-order valence-corrected chi connectivity index (χ3v) is 3.01. The fraction of sp³-hybridized carbons (Fsp3) is 0.417. The van der Waals surface area contributed by atoms with E-state index in [0.29, 0.717) is 12.3 Å². The molecule has 0 aromatic heterocycles. The van der Waals surface area contributed by atoms with Gasteiger partial charge in [0.1, 0.15) is 0 Å². The number of amides is 1. The van der Waals surface area contributed by atoms with Gasteiger partial charge in [0.15, 0.2) is 0 Å². The predicted octanol–water partition coefficient (Wildman–Crippen LogP) is 1.57. The quantitative estimate of drug-likeness (QED) is 0.682. The zero-order valence-electron chi connectivity index (χ0n) is 8.92. The average Bonchev–Trinajstić information content (AvgIpc) is 2.22. The van der Waals surface area contributed by atoms with E-state index >= 15 is 0 Å². The van der Waals surface area contributed by atoms with E-state index in [2.05, 4.69) is 11.4 Å². The van der Waals surface area contributed by atoms with Gasteiger partial charge >= 0.3 is 0 Å². The number of rotatable bonds is 1. The summed E-state index contributed by atoms with van der Waals surface area (Å²) < 4.78 is 0. The van der Waals surface area contributed by atoms with E-state index in [-0.39, 0.29) is 5.91 Å². The van der Waals surface area contributed by atoms with Crippen LogP contribution >= 0.6 is 0 Å². The summed E-state index contributed by atoms with van der Waals surface area (Å²) in [6.45, 7) is 2.79. The Morgan fingerprint density at radius 1 is 1.47 bits per heavy atom. The van der Waals surface area contributed by atoms with E-state index in [1.54, 1.807) is 0 Å². The first kappa shape index (κ1) is 10.0. The Kier molecular flexibility index (Phi) is 2.62. The van der Waals surface area contributed by atoms with E-state index in [0.717, 1.165) is 24.2 Å². The highest BCUT2D eigenvalue weighted by Gasteiger charge is 2.20. The average molecular weight is 204 g/mol. The number of piperidine rings is 1. The summed E-state index contributed by atoms with van der Waals surface area (Å²) in [5, 5.41) is 2.84. The summed E-state index contributed by atoms with van der Waals surface area (Å²) in [5.74, 6) is 0.513. The van der Waals surface area contributed by atoms with Gasteiger partial charge in [0.2, 0.25) is 5.91 Å². The summed E-state index contributed by atoms with van der Waals surface area (Å²) >= 11 is 0. The number of benzene rings is 1. The number of nitrogens with one attached hydrogen (secondary N) is 1. The number of aryl methyl sites for hydroxylation is 1. The molecule has 2 rings (SSSR count). The van der Waals surface area contributed by atoms with Crippen LogP contribution in [0.2, 0.25) is 0 Å². The summed E-state index contributed by atoms with van der Waals surface area (Å²) in [5.41, 5.74) is 8.91. The Labute approximate surface area is 89.7 Å². The Balaban J connectivity index is 2.21. The molecule has 1 amide bonds. The zero-order chi connectivity index (χ0) is 10.8. The molecule has 80 valence electrons. The molecule has 0 bridgehead atoms. The standard InChI is InChI=1S/C12H16N2O/c1-8-6-9(2-3-11(8)13)10-4-5-14-12(15)7-10/h2-3,6,10H,4-5,7,13H2,1H3,(H,14,15)/t10-/m0/s1. The highest BCUT2D eigenvalue weighted by atomic mass is 16.1. The molecule has 3 N–H and O–H groups in total. The minimum Gasteiger partial charge on any atom is -0.399 e. The summed E-state index contributed by atoms with van der Waals surface area (Å²) in [6, 6.07) is 6.06. The molecule has 3 nitrogen and oxygen atoms in total. The molecular formula is C12H16N2O. The summed E-state index contributed by atoms with van der Waals surface area (Å²) in [6.07, 6.45) is 1.62. The molecular weight excluding hydrogens is 188 g/mol. The van der Waals surface area contributed by atoms with Crippen molar-refractivity contribution in [3.8, 4) is 0 Å². The topological polar surface area (TPSA) is 55.1 Å². The second-order valence-corrected chi connectivity index (χ2v) is 4.16. The van der Waals surface area contributed by atoms with Crippen molar-refractivity contribution in [1.82, 2.24) is 5.32 Å². The maximum Gasteiger partial charge on any atom is 0.220 e. The molecule has 1 aliphatic rings. The first-order valence-electron chi connectivity index (χ1n) is 5.29. The second kappa shape index (κ2) is 3.93. The Hall–Kier alpha value is -1.51. The lowest BCUT2D eigenvalue weighted by atomic mass is 9.89. The van der Waals surface area contributed by atoms with Crippen molar-refractivity contribution in [2.45, 2.75) is 25.7 Å². The maximum atomic E-state index is 11.3. The van der Waals surface area contributed by atoms with Crippen LogP contribution in [0.3, 0.4) is 0 Å². The van der Waals surface area contributed by atoms with Crippen molar-refractivity contribution < 1.29 is 4.79 Å². The molecule has 1 heterocycles. The normalized spacial score (nSPS) is 21.1. The molecule has 3 heteroatoms. The van der Waals surface area contributed by atoms with Crippen LogP contribution in [0.15, 0.2) is 18.2 Å². The molecule has 0 saturated carbocycles. The number of carbonyl (C=O) groups excluding carboxylic acids is 1. The minimum absolute atomic E-state index is 0.153. The third kappa shape index (κ3) is 2.12. The number of hydrogen-bond donors (Lipinski definition) is 2. The number of nitrogen functional groups attached to an aromatic ring is 1. The molecule has 0 radical (unpaired) electrons. The van der Waals surface area contributed by atoms with Gasteiger partial charge in [-0.05, 0) is 36.5 Å². The SMILES string of the molecule is Cc1cc([C@H]2CCNC(=O)C2)ccc1N. The molecule has 0 aliphatic carbocycles. The largest absolute Gasteiger partial charge is 0.399 e. The van der Waals surface area contributed by atoms with E-state index in [1.807, 2.05) is 19.1 Å². The van der Waals surface area contributed by atoms with Crippen LogP contribution in [-0.2, 0) is 4.79 Å². The van der Waals surface area contributed by atoms with Gasteiger partial charge in [0.25, 0.3) is 0 Å². The summed E-state index contributed by atoms with van der Waals surface area (Å²) in [7, 11) is 0. The number of anilines is 1. The van der Waals surface area contributed by atoms with Gasteiger partial charge in [0, 0.05) is 18.7 Å². The predicted molar refractivity (Wildman–Crippen MR) is 60.6 cm³/mol. The van der Waals surface area contributed by atoms with Gasteiger partial charge in [0.05, 0.1) is 0 Å². The molecule has 15 heavy (non-hydrogen) atoms. The van der Waals surface area contributed by atoms with Crippen LogP contribution in [-0.4, -0.2) is 12.5 Å². The monoisotopic (exact) mass is 204 g/mol. The highest BCUT2D eigenvalue weighted by Crippen LogP contribution is 2.27. The summed E-state index contributed by atoms with van der Waals surface area (Å²) in [4.78, 5) is 11.3. The maximum absolute atomic E-state index is 11.3. The van der Waals surface area contributed by atoms with Crippen molar-refractivity contribution in [2.24, 2.45) is 0 Å². The van der Waals surface area contributed by atoms with E-state index in [1.165, 1.54) is 5.56 Å². The first-order chi connectivity index (χ1) is 7.16. The van der Waals surface area contributed by atoms with Gasteiger partial charge in [-0.15, -0.1) is 0 Å². The lowest BCUT2D eigenvalue weighted by molar-refractivity contribution is -0.122. The third-order valence-electron chi connectivity index (χ3n) is 3.01. The van der Waals surface area contributed by atoms with Crippen molar-refractivity contribution >= 4 is 11.6 Å². The molecule has 0 spiro atoms. The van der Waals surface area contributed by atoms with Crippen LogP contribution in [0, 0.1) is 6.92 Å². The number of carbonyl (C=O) groups is 1. The van der Waals surface area contributed by atoms with Crippen LogP contribution in [0.25, 0.3) is 0 Å². The van der Waals surface area contributed by atoms with E-state index < -0.39 is 0 Å². The Bertz CT molecular complexity index is 387. The van der Waals surface area contributed by atoms with Gasteiger partial charge < -0.3 is 11.1 Å². The minimum atomic E-state index is 0.153. The van der Waals surface area contributed by atoms with Gasteiger partial charge in [-0.3, -0.25) is 4.79 Å². The molecule has 0 unspecified atom stereocenters. The van der Waals surface area contributed by atoms with Crippen LogP contribution < -0.4 is 11.1 Å². The Morgan fingerprint density at radius 3 is 2.93 bits per heavy atom. The van der Waals surface area contributed by atoms with Crippen molar-refractivity contribution in [1.29, 1.82) is 0 Å². The van der Waals surface area contributed by atoms with Gasteiger partial charge in [-0.2, -0.15) is 0 Å². The molecule has 1 fully saturated rings. The second-order valence-electron chi connectivity index (χ2n) is 4.16. The highest BCUT2D eigenvalue weighted by molar-refractivity contribution is 5.77. The van der Waals surface area contributed by atoms with Gasteiger partial charge in [-0.25, -0.2) is 0 Å². The lowest BCUT2D eigenvalue weighted by Gasteiger charge is -2.22. The number of nitrogens with two attached hydrogens (primary N) is 1. The molecule has 1 atom stereocenters. The smallest absolute Gasteiger partial charge is 0.220 e. The molecule has 1 aromatic rings. The Morgan fingerprint density at radius 2 is 2.27 bits per heavy atom. The van der Waals surface area contributed by atoms with Crippen molar-refractivity contribution in [3.05, 3.63) is 29.3 Å². The van der Waals surface area contributed by atoms with Crippen LogP contribution in [0.4, 0.5) is 5.69 Å². The molecule has 1 aliphatic heterocycles. The first-order valence-corrected chi connectivity index (χ1v) is 5.29. The number of hydrogen-bond acceptors (Lipinski definition) is 2. The van der Waals surface area contributed by atoms with Crippen LogP contribution in [0.5, 0.6) is 0 Å². The fourth-order valence-electron chi connectivity index (χ4n) is 2.02.